The van der Waals surface area contributed by atoms with Crippen LogP contribution in [0.15, 0.2) is 5.11 Å². The van der Waals surface area contributed by atoms with Crippen molar-refractivity contribution in [2.45, 2.75) is 13.2 Å². The smallest absolute Gasteiger partial charge is 0.173 e. The molecule has 1 saturated heterocycles. The van der Waals surface area contributed by atoms with Crippen molar-refractivity contribution in [2.24, 2.45) is 5.11 Å². The molecule has 0 aromatic carbocycles. The summed E-state index contributed by atoms with van der Waals surface area (Å²) in [4.78, 5) is 16.2. The summed E-state index contributed by atoms with van der Waals surface area (Å²) >= 11 is 0. The molecule has 8 nitrogen and oxygen atoms in total. The Hall–Kier alpha value is -1.18. The molecule has 19 heavy (non-hydrogen) atoms. The van der Waals surface area contributed by atoms with Gasteiger partial charge in [0, 0.05) is 37.6 Å². The third-order valence-electron chi connectivity index (χ3n) is 2.73. The normalized spacial score (nSPS) is 17.7. The molecule has 108 valence electrons. The minimum atomic E-state index is -0.483. The van der Waals surface area contributed by atoms with E-state index in [1.54, 1.807) is 0 Å². The number of carbonyl (C=O) groups excluding carboxylic acids is 1. The van der Waals surface area contributed by atoms with Crippen molar-refractivity contribution in [3.05, 3.63) is 10.4 Å². The van der Waals surface area contributed by atoms with Gasteiger partial charge in [-0.25, -0.2) is 0 Å². The number of nitrogens with zero attached hydrogens (tertiary/aromatic N) is 4. The quantitative estimate of drug-likeness (QED) is 0.278. The molecule has 0 aromatic rings. The molecule has 0 amide bonds. The summed E-state index contributed by atoms with van der Waals surface area (Å²) in [7, 11) is 0. The molecule has 1 unspecified atom stereocenters. The van der Waals surface area contributed by atoms with Gasteiger partial charge >= 0.3 is 0 Å². The second-order valence-electron chi connectivity index (χ2n) is 4.19. The van der Waals surface area contributed by atoms with Crippen LogP contribution in [0.2, 0.25) is 0 Å². The fourth-order valence-electron chi connectivity index (χ4n) is 1.87. The number of Topliss-reactive ketones (excluding diaryl/α,β-unsaturated/α-hetero) is 1. The molecular formula is C11H21N5O3. The molecule has 0 spiro atoms. The lowest BCUT2D eigenvalue weighted by Crippen LogP contribution is -2.52. The number of piperazine rings is 1. The first-order chi connectivity index (χ1) is 9.25. The first kappa shape index (κ1) is 15.9. The number of azide groups is 1. The van der Waals surface area contributed by atoms with Crippen LogP contribution in [0.3, 0.4) is 0 Å². The summed E-state index contributed by atoms with van der Waals surface area (Å²) in [6, 6.07) is 0. The summed E-state index contributed by atoms with van der Waals surface area (Å²) in [5, 5.41) is 6.58. The van der Waals surface area contributed by atoms with Crippen LogP contribution in [0.5, 0.6) is 0 Å². The van der Waals surface area contributed by atoms with E-state index in [9.17, 15) is 4.79 Å². The van der Waals surface area contributed by atoms with Crippen LogP contribution in [0.25, 0.3) is 10.4 Å². The van der Waals surface area contributed by atoms with Gasteiger partial charge < -0.3 is 14.8 Å². The Morgan fingerprint density at radius 1 is 1.42 bits per heavy atom. The van der Waals surface area contributed by atoms with Gasteiger partial charge in [0.25, 0.3) is 0 Å². The standard InChI is InChI=1S/C11H21N5O3/c1-10(17)11(16-5-2-13-3-6-16)19-9-8-18-7-4-14-15-12/h11,13H,2-9H2,1H3. The van der Waals surface area contributed by atoms with Gasteiger partial charge in [0.2, 0.25) is 0 Å². The SMILES string of the molecule is CC(=O)C(OCCOCCN=[N+]=[N-])N1CCNCC1. The molecule has 1 aliphatic rings. The maximum absolute atomic E-state index is 11.6. The lowest BCUT2D eigenvalue weighted by atomic mass is 10.3. The van der Waals surface area contributed by atoms with Crippen LogP contribution in [-0.2, 0) is 14.3 Å². The third kappa shape index (κ3) is 6.51. The van der Waals surface area contributed by atoms with Gasteiger partial charge in [-0.05, 0) is 12.5 Å². The number of ether oxygens (including phenoxy) is 2. The molecule has 1 heterocycles. The summed E-state index contributed by atoms with van der Waals surface area (Å²) in [6.07, 6.45) is -0.483. The van der Waals surface area contributed by atoms with Gasteiger partial charge in [-0.1, -0.05) is 5.11 Å². The van der Waals surface area contributed by atoms with Gasteiger partial charge in [0.15, 0.2) is 12.0 Å². The van der Waals surface area contributed by atoms with Crippen LogP contribution in [0.4, 0.5) is 0 Å². The van der Waals surface area contributed by atoms with Crippen molar-refractivity contribution in [3.8, 4) is 0 Å². The highest BCUT2D eigenvalue weighted by atomic mass is 16.5. The second-order valence-corrected chi connectivity index (χ2v) is 4.19. The van der Waals surface area contributed by atoms with E-state index < -0.39 is 6.23 Å². The van der Waals surface area contributed by atoms with Gasteiger partial charge in [0.1, 0.15) is 0 Å². The number of hydrogen-bond donors (Lipinski definition) is 1. The molecule has 0 saturated carbocycles. The molecule has 1 rings (SSSR count). The molecule has 8 heteroatoms. The molecule has 0 aliphatic carbocycles. The van der Waals surface area contributed by atoms with Crippen molar-refractivity contribution in [1.29, 1.82) is 0 Å². The fraction of sp³-hybridized carbons (Fsp3) is 0.909. The Kier molecular flexibility index (Phi) is 8.11. The van der Waals surface area contributed by atoms with Crippen LogP contribution in [0.1, 0.15) is 6.92 Å². The monoisotopic (exact) mass is 271 g/mol. The molecule has 1 fully saturated rings. The number of carbonyl (C=O) groups is 1. The van der Waals surface area contributed by atoms with Crippen molar-refractivity contribution < 1.29 is 14.3 Å². The summed E-state index contributed by atoms with van der Waals surface area (Å²) < 4.78 is 10.8. The highest BCUT2D eigenvalue weighted by molar-refractivity contribution is 5.80. The topological polar surface area (TPSA) is 99.6 Å². The van der Waals surface area contributed by atoms with E-state index in [2.05, 4.69) is 15.3 Å². The minimum Gasteiger partial charge on any atom is -0.379 e. The fourth-order valence-corrected chi connectivity index (χ4v) is 1.87. The third-order valence-corrected chi connectivity index (χ3v) is 2.73. The molecule has 1 atom stereocenters. The first-order valence-corrected chi connectivity index (χ1v) is 6.41. The predicted molar refractivity (Wildman–Crippen MR) is 69.7 cm³/mol. The van der Waals surface area contributed by atoms with E-state index in [1.165, 1.54) is 6.92 Å². The van der Waals surface area contributed by atoms with E-state index in [0.29, 0.717) is 26.4 Å². The molecule has 0 radical (unpaired) electrons. The molecule has 1 N–H and O–H groups in total. The van der Waals surface area contributed by atoms with E-state index >= 15 is 0 Å². The summed E-state index contributed by atoms with van der Waals surface area (Å²) in [5.41, 5.74) is 8.08. The maximum atomic E-state index is 11.6. The zero-order chi connectivity index (χ0) is 13.9. The predicted octanol–water partition coefficient (Wildman–Crippen LogP) is 0.150. The van der Waals surface area contributed by atoms with Crippen LogP contribution in [0, 0.1) is 0 Å². The lowest BCUT2D eigenvalue weighted by Gasteiger charge is -2.33. The van der Waals surface area contributed by atoms with Crippen LogP contribution < -0.4 is 5.32 Å². The Morgan fingerprint density at radius 2 is 2.16 bits per heavy atom. The molecule has 0 bridgehead atoms. The van der Waals surface area contributed by atoms with Crippen molar-refractivity contribution in [3.63, 3.8) is 0 Å². The Balaban J connectivity index is 2.18. The number of nitrogens with one attached hydrogen (secondary N) is 1. The molecule has 1 aliphatic heterocycles. The van der Waals surface area contributed by atoms with Gasteiger partial charge in [0.05, 0.1) is 19.8 Å². The average molecular weight is 271 g/mol. The maximum Gasteiger partial charge on any atom is 0.173 e. The zero-order valence-electron chi connectivity index (χ0n) is 11.2. The Labute approximate surface area is 112 Å². The summed E-state index contributed by atoms with van der Waals surface area (Å²) in [6.45, 7) is 6.31. The first-order valence-electron chi connectivity index (χ1n) is 6.41. The highest BCUT2D eigenvalue weighted by Gasteiger charge is 2.24. The van der Waals surface area contributed by atoms with Crippen molar-refractivity contribution in [2.75, 3.05) is 52.5 Å². The van der Waals surface area contributed by atoms with Gasteiger partial charge in [-0.15, -0.1) is 0 Å². The number of rotatable bonds is 9. The highest BCUT2D eigenvalue weighted by Crippen LogP contribution is 2.04. The Bertz CT molecular complexity index is 313. The average Bonchev–Trinajstić information content (AvgIpc) is 2.42. The van der Waals surface area contributed by atoms with Gasteiger partial charge in [-0.2, -0.15) is 0 Å². The van der Waals surface area contributed by atoms with Crippen molar-refractivity contribution >= 4 is 5.78 Å². The summed E-state index contributed by atoms with van der Waals surface area (Å²) in [5.74, 6) is 0.0102. The van der Waals surface area contributed by atoms with Gasteiger partial charge in [-0.3, -0.25) is 9.69 Å². The van der Waals surface area contributed by atoms with E-state index in [4.69, 9.17) is 15.0 Å². The minimum absolute atomic E-state index is 0.0102. The van der Waals surface area contributed by atoms with Crippen LogP contribution >= 0.6 is 0 Å². The number of ketones is 1. The Morgan fingerprint density at radius 3 is 2.79 bits per heavy atom. The van der Waals surface area contributed by atoms with E-state index in [-0.39, 0.29) is 5.78 Å². The van der Waals surface area contributed by atoms with E-state index in [1.807, 2.05) is 4.90 Å². The van der Waals surface area contributed by atoms with Crippen LogP contribution in [-0.4, -0.2) is 69.5 Å². The molecular weight excluding hydrogens is 250 g/mol. The largest absolute Gasteiger partial charge is 0.379 e. The molecule has 0 aromatic heterocycles. The van der Waals surface area contributed by atoms with Crippen molar-refractivity contribution in [1.82, 2.24) is 10.2 Å². The second kappa shape index (κ2) is 9.71. The zero-order valence-corrected chi connectivity index (χ0v) is 11.2. The lowest BCUT2D eigenvalue weighted by molar-refractivity contribution is -0.145. The number of hydrogen-bond acceptors (Lipinski definition) is 6. The van der Waals surface area contributed by atoms with E-state index in [0.717, 1.165) is 26.2 Å².